The van der Waals surface area contributed by atoms with Gasteiger partial charge in [-0.05, 0) is 43.9 Å². The molecule has 0 spiro atoms. The molecule has 0 aliphatic carbocycles. The van der Waals surface area contributed by atoms with Gasteiger partial charge in [0.25, 0.3) is 0 Å². The molecule has 0 heterocycles. The van der Waals surface area contributed by atoms with Crippen molar-refractivity contribution < 1.29 is 9.47 Å². The molecule has 1 unspecified atom stereocenters. The van der Waals surface area contributed by atoms with Crippen molar-refractivity contribution >= 4 is 0 Å². The highest BCUT2D eigenvalue weighted by Gasteiger charge is 2.13. The van der Waals surface area contributed by atoms with Crippen molar-refractivity contribution in [2.24, 2.45) is 0 Å². The summed E-state index contributed by atoms with van der Waals surface area (Å²) in [4.78, 5) is 0. The molecule has 17 heavy (non-hydrogen) atoms. The minimum Gasteiger partial charge on any atom is -0.465 e. The van der Waals surface area contributed by atoms with E-state index in [9.17, 15) is 0 Å². The summed E-state index contributed by atoms with van der Waals surface area (Å²) in [7, 11) is 0. The minimum absolute atomic E-state index is 0.179. The Morgan fingerprint density at radius 1 is 0.941 bits per heavy atom. The molecule has 0 N–H and O–H groups in total. The van der Waals surface area contributed by atoms with E-state index < -0.39 is 0 Å². The van der Waals surface area contributed by atoms with Gasteiger partial charge < -0.3 is 9.47 Å². The summed E-state index contributed by atoms with van der Waals surface area (Å²) >= 11 is 0. The minimum atomic E-state index is -0.213. The predicted octanol–water partition coefficient (Wildman–Crippen LogP) is 4.13. The first-order valence-electron chi connectivity index (χ1n) is 6.21. The van der Waals surface area contributed by atoms with Crippen LogP contribution in [0.25, 0.3) is 0 Å². The maximum absolute atomic E-state index is 5.67. The quantitative estimate of drug-likeness (QED) is 0.732. The van der Waals surface area contributed by atoms with E-state index >= 15 is 0 Å². The molecular weight excluding hydrogens is 212 g/mol. The molecule has 0 aromatic heterocycles. The van der Waals surface area contributed by atoms with E-state index in [0.717, 1.165) is 5.75 Å². The van der Waals surface area contributed by atoms with Crippen molar-refractivity contribution in [3.63, 3.8) is 0 Å². The Morgan fingerprint density at radius 3 is 1.88 bits per heavy atom. The molecule has 2 nitrogen and oxygen atoms in total. The zero-order valence-corrected chi connectivity index (χ0v) is 11.8. The van der Waals surface area contributed by atoms with Gasteiger partial charge in [0.15, 0.2) is 6.29 Å². The zero-order valence-electron chi connectivity index (χ0n) is 11.8. The molecule has 0 bridgehead atoms. The van der Waals surface area contributed by atoms with Crippen molar-refractivity contribution in [2.45, 2.75) is 59.4 Å². The normalized spacial score (nSPS) is 13.8. The molecule has 0 radical (unpaired) electrons. The first kappa shape index (κ1) is 14.0. The highest BCUT2D eigenvalue weighted by atomic mass is 16.7. The number of benzene rings is 1. The zero-order chi connectivity index (χ0) is 13.1. The Balaban J connectivity index is 2.63. The van der Waals surface area contributed by atoms with E-state index in [-0.39, 0.29) is 17.8 Å². The maximum Gasteiger partial charge on any atom is 0.197 e. The van der Waals surface area contributed by atoms with Crippen LogP contribution in [-0.4, -0.2) is 12.4 Å². The molecule has 0 fully saturated rings. The molecular formula is C15H24O2. The van der Waals surface area contributed by atoms with Gasteiger partial charge in [-0.2, -0.15) is 0 Å². The van der Waals surface area contributed by atoms with E-state index in [4.69, 9.17) is 9.47 Å². The van der Waals surface area contributed by atoms with Crippen molar-refractivity contribution in [2.75, 3.05) is 0 Å². The van der Waals surface area contributed by atoms with Gasteiger partial charge in [-0.25, -0.2) is 0 Å². The van der Waals surface area contributed by atoms with Gasteiger partial charge in [0, 0.05) is 0 Å². The van der Waals surface area contributed by atoms with Gasteiger partial charge >= 0.3 is 0 Å². The molecule has 1 aromatic carbocycles. The van der Waals surface area contributed by atoms with Gasteiger partial charge in [-0.3, -0.25) is 0 Å². The van der Waals surface area contributed by atoms with Gasteiger partial charge in [0.1, 0.15) is 5.75 Å². The lowest BCUT2D eigenvalue weighted by Gasteiger charge is -2.21. The average Bonchev–Trinajstić information content (AvgIpc) is 2.15. The van der Waals surface area contributed by atoms with Crippen molar-refractivity contribution in [3.8, 4) is 5.75 Å². The molecule has 0 saturated heterocycles. The van der Waals surface area contributed by atoms with Crippen LogP contribution in [0.5, 0.6) is 5.75 Å². The van der Waals surface area contributed by atoms with Crippen LogP contribution in [0.3, 0.4) is 0 Å². The Hall–Kier alpha value is -1.02. The van der Waals surface area contributed by atoms with Gasteiger partial charge in [-0.15, -0.1) is 0 Å². The highest BCUT2D eigenvalue weighted by molar-refractivity contribution is 5.31. The predicted molar refractivity (Wildman–Crippen MR) is 71.5 cm³/mol. The molecule has 1 aromatic rings. The van der Waals surface area contributed by atoms with Crippen LogP contribution in [0.2, 0.25) is 0 Å². The second kappa shape index (κ2) is 5.54. The lowest BCUT2D eigenvalue weighted by Crippen LogP contribution is -2.20. The first-order valence-corrected chi connectivity index (χ1v) is 6.21. The summed E-state index contributed by atoms with van der Waals surface area (Å²) in [6.45, 7) is 12.5. The average molecular weight is 236 g/mol. The van der Waals surface area contributed by atoms with Crippen LogP contribution < -0.4 is 4.74 Å². The largest absolute Gasteiger partial charge is 0.465 e. The van der Waals surface area contributed by atoms with Crippen LogP contribution in [0.4, 0.5) is 0 Å². The van der Waals surface area contributed by atoms with Crippen LogP contribution in [-0.2, 0) is 10.2 Å². The SMILES string of the molecule is CC(C)OC(C)Oc1ccc(C(C)(C)C)cc1. The smallest absolute Gasteiger partial charge is 0.197 e. The van der Waals surface area contributed by atoms with Gasteiger partial charge in [-0.1, -0.05) is 32.9 Å². The van der Waals surface area contributed by atoms with E-state index in [1.165, 1.54) is 5.56 Å². The lowest BCUT2D eigenvalue weighted by molar-refractivity contribution is -0.0950. The third-order valence-electron chi connectivity index (χ3n) is 2.49. The monoisotopic (exact) mass is 236 g/mol. The Labute approximate surface area is 105 Å². The fourth-order valence-corrected chi connectivity index (χ4v) is 1.64. The van der Waals surface area contributed by atoms with E-state index in [2.05, 4.69) is 32.9 Å². The number of rotatable bonds is 4. The molecule has 2 heteroatoms. The number of hydrogen-bond acceptors (Lipinski definition) is 2. The Morgan fingerprint density at radius 2 is 1.47 bits per heavy atom. The topological polar surface area (TPSA) is 18.5 Å². The van der Waals surface area contributed by atoms with Crippen molar-refractivity contribution in [1.29, 1.82) is 0 Å². The molecule has 0 aliphatic heterocycles. The summed E-state index contributed by atoms with van der Waals surface area (Å²) in [6.07, 6.45) is -0.0330. The van der Waals surface area contributed by atoms with Crippen LogP contribution in [0.1, 0.15) is 47.1 Å². The number of ether oxygens (including phenoxy) is 2. The van der Waals surface area contributed by atoms with Crippen LogP contribution in [0, 0.1) is 0 Å². The summed E-state index contributed by atoms with van der Waals surface area (Å²) in [6, 6.07) is 8.22. The highest BCUT2D eigenvalue weighted by Crippen LogP contribution is 2.24. The lowest BCUT2D eigenvalue weighted by atomic mass is 9.87. The summed E-state index contributed by atoms with van der Waals surface area (Å²) in [5, 5.41) is 0. The van der Waals surface area contributed by atoms with E-state index in [1.54, 1.807) is 0 Å². The van der Waals surface area contributed by atoms with Crippen LogP contribution in [0.15, 0.2) is 24.3 Å². The fourth-order valence-electron chi connectivity index (χ4n) is 1.64. The third-order valence-corrected chi connectivity index (χ3v) is 2.49. The Bertz CT molecular complexity index is 333. The molecule has 1 atom stereocenters. The summed E-state index contributed by atoms with van der Waals surface area (Å²) < 4.78 is 11.2. The molecule has 1 rings (SSSR count). The Kier molecular flexibility index (Phi) is 4.58. The van der Waals surface area contributed by atoms with Gasteiger partial charge in [0.05, 0.1) is 6.10 Å². The molecule has 0 amide bonds. The molecule has 0 saturated carbocycles. The molecule has 96 valence electrons. The fraction of sp³-hybridized carbons (Fsp3) is 0.600. The van der Waals surface area contributed by atoms with Crippen molar-refractivity contribution in [3.05, 3.63) is 29.8 Å². The summed E-state index contributed by atoms with van der Waals surface area (Å²) in [5.74, 6) is 0.853. The van der Waals surface area contributed by atoms with E-state index in [1.807, 2.05) is 32.9 Å². The second-order valence-corrected chi connectivity index (χ2v) is 5.64. The van der Waals surface area contributed by atoms with Crippen LogP contribution >= 0.6 is 0 Å². The maximum atomic E-state index is 5.67. The standard InChI is InChI=1S/C15H24O2/c1-11(2)16-12(3)17-14-9-7-13(8-10-14)15(4,5)6/h7-12H,1-6H3. The second-order valence-electron chi connectivity index (χ2n) is 5.64. The summed E-state index contributed by atoms with van der Waals surface area (Å²) in [5.41, 5.74) is 1.49. The van der Waals surface area contributed by atoms with Crippen molar-refractivity contribution in [1.82, 2.24) is 0 Å². The number of hydrogen-bond donors (Lipinski definition) is 0. The van der Waals surface area contributed by atoms with E-state index in [0.29, 0.717) is 0 Å². The first-order chi connectivity index (χ1) is 7.79. The third kappa shape index (κ3) is 4.78. The molecule has 0 aliphatic rings. The van der Waals surface area contributed by atoms with Gasteiger partial charge in [0.2, 0.25) is 0 Å².